The molecule has 1 aromatic heterocycles. The molecule has 0 aromatic carbocycles. The summed E-state index contributed by atoms with van der Waals surface area (Å²) in [6.07, 6.45) is 0. The zero-order valence-electron chi connectivity index (χ0n) is 10.1. The predicted molar refractivity (Wildman–Crippen MR) is 69.4 cm³/mol. The standard InChI is InChI=1S/C11H20N4S/c1-10-9-16-11(13-10)14(2)7-8-15-5-3-12-4-6-15/h9,12H,3-8H2,1-2H3. The average molecular weight is 240 g/mol. The Kier molecular flexibility index (Phi) is 4.15. The van der Waals surface area contributed by atoms with E-state index in [2.05, 4.69) is 32.5 Å². The van der Waals surface area contributed by atoms with Crippen molar-refractivity contribution < 1.29 is 0 Å². The van der Waals surface area contributed by atoms with Crippen LogP contribution in [-0.2, 0) is 0 Å². The molecular weight excluding hydrogens is 220 g/mol. The van der Waals surface area contributed by atoms with E-state index >= 15 is 0 Å². The van der Waals surface area contributed by atoms with Crippen molar-refractivity contribution in [3.05, 3.63) is 11.1 Å². The van der Waals surface area contributed by atoms with Gasteiger partial charge in [-0.3, -0.25) is 4.90 Å². The summed E-state index contributed by atoms with van der Waals surface area (Å²) in [4.78, 5) is 9.25. The Labute approximate surface area is 101 Å². The Morgan fingerprint density at radius 2 is 2.25 bits per heavy atom. The molecule has 0 radical (unpaired) electrons. The van der Waals surface area contributed by atoms with Gasteiger partial charge in [-0.25, -0.2) is 4.98 Å². The van der Waals surface area contributed by atoms with Crippen molar-refractivity contribution in [2.75, 3.05) is 51.2 Å². The van der Waals surface area contributed by atoms with Gasteiger partial charge in [-0.1, -0.05) is 0 Å². The van der Waals surface area contributed by atoms with E-state index < -0.39 is 0 Å². The van der Waals surface area contributed by atoms with Crippen molar-refractivity contribution in [2.24, 2.45) is 0 Å². The highest BCUT2D eigenvalue weighted by atomic mass is 32.1. The molecule has 1 fully saturated rings. The third kappa shape index (κ3) is 3.17. The molecule has 90 valence electrons. The number of nitrogens with zero attached hydrogens (tertiary/aromatic N) is 3. The van der Waals surface area contributed by atoms with Gasteiger partial charge in [0.25, 0.3) is 0 Å². The second-order valence-corrected chi connectivity index (χ2v) is 5.12. The van der Waals surface area contributed by atoms with Crippen LogP contribution in [-0.4, -0.2) is 56.2 Å². The highest BCUT2D eigenvalue weighted by molar-refractivity contribution is 7.13. The van der Waals surface area contributed by atoms with Crippen molar-refractivity contribution in [2.45, 2.75) is 6.92 Å². The zero-order valence-corrected chi connectivity index (χ0v) is 10.9. The fraction of sp³-hybridized carbons (Fsp3) is 0.727. The van der Waals surface area contributed by atoms with Gasteiger partial charge < -0.3 is 10.2 Å². The summed E-state index contributed by atoms with van der Waals surface area (Å²) < 4.78 is 0. The molecule has 0 atom stereocenters. The number of nitrogens with one attached hydrogen (secondary N) is 1. The third-order valence-corrected chi connectivity index (χ3v) is 3.97. The van der Waals surface area contributed by atoms with E-state index in [4.69, 9.17) is 0 Å². The topological polar surface area (TPSA) is 31.4 Å². The van der Waals surface area contributed by atoms with Crippen LogP contribution in [0.15, 0.2) is 5.38 Å². The van der Waals surface area contributed by atoms with E-state index in [1.165, 1.54) is 13.1 Å². The molecule has 1 aliphatic heterocycles. The number of rotatable bonds is 4. The largest absolute Gasteiger partial charge is 0.350 e. The maximum Gasteiger partial charge on any atom is 0.185 e. The summed E-state index contributed by atoms with van der Waals surface area (Å²) in [6.45, 7) is 8.84. The molecular formula is C11H20N4S. The lowest BCUT2D eigenvalue weighted by atomic mass is 10.3. The molecule has 1 saturated heterocycles. The molecule has 4 nitrogen and oxygen atoms in total. The van der Waals surface area contributed by atoms with E-state index in [9.17, 15) is 0 Å². The highest BCUT2D eigenvalue weighted by Gasteiger charge is 2.11. The molecule has 0 saturated carbocycles. The van der Waals surface area contributed by atoms with Crippen LogP contribution in [0, 0.1) is 6.92 Å². The zero-order chi connectivity index (χ0) is 11.4. The molecule has 2 rings (SSSR count). The van der Waals surface area contributed by atoms with Crippen LogP contribution >= 0.6 is 11.3 Å². The summed E-state index contributed by atoms with van der Waals surface area (Å²) in [5.41, 5.74) is 1.12. The molecule has 1 aromatic rings. The first-order valence-corrected chi connectivity index (χ1v) is 6.70. The molecule has 16 heavy (non-hydrogen) atoms. The fourth-order valence-electron chi connectivity index (χ4n) is 1.84. The number of likely N-dealkylation sites (N-methyl/N-ethyl adjacent to an activating group) is 1. The van der Waals surface area contributed by atoms with E-state index in [-0.39, 0.29) is 0 Å². The van der Waals surface area contributed by atoms with Gasteiger partial charge in [0.1, 0.15) is 0 Å². The van der Waals surface area contributed by atoms with Crippen LogP contribution in [0.1, 0.15) is 5.69 Å². The number of anilines is 1. The Balaban J connectivity index is 1.76. The van der Waals surface area contributed by atoms with Crippen LogP contribution in [0.5, 0.6) is 0 Å². The molecule has 0 bridgehead atoms. The monoisotopic (exact) mass is 240 g/mol. The average Bonchev–Trinajstić information content (AvgIpc) is 2.74. The van der Waals surface area contributed by atoms with E-state index in [0.717, 1.165) is 37.0 Å². The SMILES string of the molecule is Cc1csc(N(C)CCN2CCNCC2)n1. The lowest BCUT2D eigenvalue weighted by Gasteiger charge is -2.28. The molecule has 2 heterocycles. The second kappa shape index (κ2) is 5.61. The summed E-state index contributed by atoms with van der Waals surface area (Å²) in [5.74, 6) is 0. The smallest absolute Gasteiger partial charge is 0.185 e. The van der Waals surface area contributed by atoms with Gasteiger partial charge in [-0.05, 0) is 6.92 Å². The van der Waals surface area contributed by atoms with Gasteiger partial charge in [0.15, 0.2) is 5.13 Å². The highest BCUT2D eigenvalue weighted by Crippen LogP contribution is 2.18. The number of hydrogen-bond acceptors (Lipinski definition) is 5. The van der Waals surface area contributed by atoms with Crippen LogP contribution in [0.4, 0.5) is 5.13 Å². The van der Waals surface area contributed by atoms with Crippen molar-refractivity contribution in [3.8, 4) is 0 Å². The minimum atomic E-state index is 1.06. The molecule has 0 spiro atoms. The van der Waals surface area contributed by atoms with Gasteiger partial charge in [-0.2, -0.15) is 0 Å². The second-order valence-electron chi connectivity index (χ2n) is 4.28. The Hall–Kier alpha value is -0.650. The first-order valence-electron chi connectivity index (χ1n) is 5.82. The lowest BCUT2D eigenvalue weighted by molar-refractivity contribution is 0.246. The van der Waals surface area contributed by atoms with E-state index in [1.807, 2.05) is 6.92 Å². The molecule has 5 heteroatoms. The van der Waals surface area contributed by atoms with Crippen LogP contribution in [0.3, 0.4) is 0 Å². The first-order chi connectivity index (χ1) is 7.75. The Morgan fingerprint density at radius 3 is 2.88 bits per heavy atom. The molecule has 1 N–H and O–H groups in total. The van der Waals surface area contributed by atoms with Crippen molar-refractivity contribution in [1.29, 1.82) is 0 Å². The number of piperazine rings is 1. The maximum absolute atomic E-state index is 4.49. The molecule has 0 unspecified atom stereocenters. The van der Waals surface area contributed by atoms with Crippen molar-refractivity contribution >= 4 is 16.5 Å². The summed E-state index contributed by atoms with van der Waals surface area (Å²) in [6, 6.07) is 0. The number of hydrogen-bond donors (Lipinski definition) is 1. The van der Waals surface area contributed by atoms with E-state index in [1.54, 1.807) is 11.3 Å². The van der Waals surface area contributed by atoms with Gasteiger partial charge in [0, 0.05) is 51.7 Å². The minimum Gasteiger partial charge on any atom is -0.350 e. The van der Waals surface area contributed by atoms with Crippen LogP contribution in [0.2, 0.25) is 0 Å². The molecule has 0 amide bonds. The van der Waals surface area contributed by atoms with Gasteiger partial charge in [-0.15, -0.1) is 11.3 Å². The lowest BCUT2D eigenvalue weighted by Crippen LogP contribution is -2.46. The summed E-state index contributed by atoms with van der Waals surface area (Å²) in [5, 5.41) is 6.61. The summed E-state index contributed by atoms with van der Waals surface area (Å²) in [7, 11) is 2.13. The van der Waals surface area contributed by atoms with Gasteiger partial charge in [0.2, 0.25) is 0 Å². The molecule has 1 aliphatic rings. The predicted octanol–water partition coefficient (Wildman–Crippen LogP) is 0.793. The van der Waals surface area contributed by atoms with Gasteiger partial charge >= 0.3 is 0 Å². The van der Waals surface area contributed by atoms with Crippen LogP contribution < -0.4 is 10.2 Å². The third-order valence-electron chi connectivity index (χ3n) is 2.89. The Bertz CT molecular complexity index is 320. The normalized spacial score (nSPS) is 17.6. The number of aromatic nitrogens is 1. The van der Waals surface area contributed by atoms with Gasteiger partial charge in [0.05, 0.1) is 5.69 Å². The van der Waals surface area contributed by atoms with Crippen molar-refractivity contribution in [1.82, 2.24) is 15.2 Å². The molecule has 0 aliphatic carbocycles. The summed E-state index contributed by atoms with van der Waals surface area (Å²) >= 11 is 1.73. The quantitative estimate of drug-likeness (QED) is 0.843. The minimum absolute atomic E-state index is 1.06. The number of aryl methyl sites for hydroxylation is 1. The number of thiazole rings is 1. The first kappa shape index (κ1) is 11.8. The van der Waals surface area contributed by atoms with Crippen LogP contribution in [0.25, 0.3) is 0 Å². The Morgan fingerprint density at radius 1 is 1.50 bits per heavy atom. The van der Waals surface area contributed by atoms with E-state index in [0.29, 0.717) is 0 Å². The van der Waals surface area contributed by atoms with Crippen molar-refractivity contribution in [3.63, 3.8) is 0 Å². The maximum atomic E-state index is 4.49. The fourth-order valence-corrected chi connectivity index (χ4v) is 2.64.